The average molecular weight is 217 g/mol. The van der Waals surface area contributed by atoms with Gasteiger partial charge in [-0.05, 0) is 25.7 Å². The molecule has 1 aromatic rings. The first-order valence-electron chi connectivity index (χ1n) is 4.85. The molecule has 14 heavy (non-hydrogen) atoms. The molecular weight excluding hydrogens is 204 g/mol. The molecule has 0 aliphatic heterocycles. The third-order valence-electron chi connectivity index (χ3n) is 2.25. The van der Waals surface area contributed by atoms with Gasteiger partial charge in [0.1, 0.15) is 12.0 Å². The van der Waals surface area contributed by atoms with E-state index in [1.807, 2.05) is 6.92 Å². The summed E-state index contributed by atoms with van der Waals surface area (Å²) in [5, 5.41) is 3.87. The van der Waals surface area contributed by atoms with E-state index in [2.05, 4.69) is 10.1 Å². The van der Waals surface area contributed by atoms with E-state index in [9.17, 15) is 0 Å². The van der Waals surface area contributed by atoms with Crippen molar-refractivity contribution in [2.75, 3.05) is 6.61 Å². The minimum Gasteiger partial charge on any atom is -0.370 e. The summed E-state index contributed by atoms with van der Waals surface area (Å²) in [5.41, 5.74) is 0. The van der Waals surface area contributed by atoms with Crippen LogP contribution in [0.15, 0.2) is 4.52 Å². The zero-order chi connectivity index (χ0) is 9.97. The summed E-state index contributed by atoms with van der Waals surface area (Å²) in [4.78, 5) is 4.17. The normalized spacial score (nSPS) is 18.4. The molecule has 0 radical (unpaired) electrons. The van der Waals surface area contributed by atoms with Crippen LogP contribution in [0.3, 0.4) is 0 Å². The van der Waals surface area contributed by atoms with Gasteiger partial charge in [-0.25, -0.2) is 0 Å². The standard InChI is InChI=1S/C9H13ClN2O2/c1-2-13-8(6-3-4-6)9-11-7(5-10)14-12-9/h6,8H,2-5H2,1H3. The monoisotopic (exact) mass is 216 g/mol. The van der Waals surface area contributed by atoms with Crippen molar-refractivity contribution in [3.63, 3.8) is 0 Å². The number of aromatic nitrogens is 2. The summed E-state index contributed by atoms with van der Waals surface area (Å²) in [6.45, 7) is 2.64. The Balaban J connectivity index is 2.08. The molecule has 1 aliphatic rings. The molecule has 0 N–H and O–H groups in total. The van der Waals surface area contributed by atoms with Gasteiger partial charge in [0.2, 0.25) is 11.7 Å². The Kier molecular flexibility index (Phi) is 3.03. The van der Waals surface area contributed by atoms with Gasteiger partial charge in [-0.2, -0.15) is 4.98 Å². The molecule has 1 unspecified atom stereocenters. The molecule has 0 amide bonds. The topological polar surface area (TPSA) is 48.2 Å². The van der Waals surface area contributed by atoms with E-state index < -0.39 is 0 Å². The van der Waals surface area contributed by atoms with Crippen LogP contribution in [0.1, 0.15) is 37.6 Å². The van der Waals surface area contributed by atoms with Crippen LogP contribution in [0.5, 0.6) is 0 Å². The van der Waals surface area contributed by atoms with Crippen LogP contribution in [0.2, 0.25) is 0 Å². The maximum Gasteiger partial charge on any atom is 0.241 e. The fourth-order valence-corrected chi connectivity index (χ4v) is 1.55. The molecule has 0 aromatic carbocycles. The van der Waals surface area contributed by atoms with Crippen molar-refractivity contribution in [3.8, 4) is 0 Å². The Morgan fingerprint density at radius 2 is 2.43 bits per heavy atom. The van der Waals surface area contributed by atoms with Crippen molar-refractivity contribution < 1.29 is 9.26 Å². The lowest BCUT2D eigenvalue weighted by Gasteiger charge is -2.10. The van der Waals surface area contributed by atoms with Gasteiger partial charge in [0.15, 0.2) is 0 Å². The second kappa shape index (κ2) is 4.28. The molecule has 1 fully saturated rings. The number of halogens is 1. The summed E-state index contributed by atoms with van der Waals surface area (Å²) in [6, 6.07) is 0. The van der Waals surface area contributed by atoms with Gasteiger partial charge in [0.05, 0.1) is 0 Å². The number of ether oxygens (including phenoxy) is 1. The second-order valence-electron chi connectivity index (χ2n) is 3.39. The highest BCUT2D eigenvalue weighted by Crippen LogP contribution is 2.42. The largest absolute Gasteiger partial charge is 0.370 e. The Morgan fingerprint density at radius 3 is 2.93 bits per heavy atom. The Hall–Kier alpha value is -0.610. The van der Waals surface area contributed by atoms with Gasteiger partial charge in [-0.3, -0.25) is 0 Å². The molecule has 1 aliphatic carbocycles. The predicted molar refractivity (Wildman–Crippen MR) is 50.9 cm³/mol. The average Bonchev–Trinajstić information content (AvgIpc) is 2.92. The van der Waals surface area contributed by atoms with Gasteiger partial charge in [-0.1, -0.05) is 5.16 Å². The predicted octanol–water partition coefficient (Wildman–Crippen LogP) is 2.30. The quantitative estimate of drug-likeness (QED) is 0.709. The van der Waals surface area contributed by atoms with E-state index >= 15 is 0 Å². The number of hydrogen-bond donors (Lipinski definition) is 0. The summed E-state index contributed by atoms with van der Waals surface area (Å²) < 4.78 is 10.5. The van der Waals surface area contributed by atoms with Crippen LogP contribution in [0, 0.1) is 5.92 Å². The first-order valence-corrected chi connectivity index (χ1v) is 5.38. The minimum atomic E-state index is 0.000664. The maximum absolute atomic E-state index is 5.58. The van der Waals surface area contributed by atoms with Gasteiger partial charge < -0.3 is 9.26 Å². The molecule has 78 valence electrons. The molecule has 1 saturated carbocycles. The van der Waals surface area contributed by atoms with E-state index in [-0.39, 0.29) is 12.0 Å². The van der Waals surface area contributed by atoms with Crippen LogP contribution in [0.4, 0.5) is 0 Å². The van der Waals surface area contributed by atoms with E-state index in [1.54, 1.807) is 0 Å². The van der Waals surface area contributed by atoms with E-state index in [0.717, 1.165) is 0 Å². The summed E-state index contributed by atoms with van der Waals surface area (Å²) in [6.07, 6.45) is 2.38. The smallest absolute Gasteiger partial charge is 0.241 e. The molecule has 2 rings (SSSR count). The van der Waals surface area contributed by atoms with Crippen molar-refractivity contribution in [2.45, 2.75) is 31.7 Å². The zero-order valence-electron chi connectivity index (χ0n) is 8.07. The van der Waals surface area contributed by atoms with Crippen LogP contribution in [0.25, 0.3) is 0 Å². The highest BCUT2D eigenvalue weighted by molar-refractivity contribution is 6.16. The number of nitrogens with zero attached hydrogens (tertiary/aromatic N) is 2. The van der Waals surface area contributed by atoms with Crippen molar-refractivity contribution >= 4 is 11.6 Å². The lowest BCUT2D eigenvalue weighted by molar-refractivity contribution is 0.0384. The van der Waals surface area contributed by atoms with Crippen LogP contribution >= 0.6 is 11.6 Å². The third-order valence-corrected chi connectivity index (χ3v) is 2.48. The molecule has 4 nitrogen and oxygen atoms in total. The van der Waals surface area contributed by atoms with Gasteiger partial charge in [0, 0.05) is 6.61 Å². The molecule has 0 spiro atoms. The van der Waals surface area contributed by atoms with Crippen LogP contribution < -0.4 is 0 Å². The molecular formula is C9H13ClN2O2. The SMILES string of the molecule is CCOC(c1noc(CCl)n1)C1CC1. The number of rotatable bonds is 5. The molecule has 0 bridgehead atoms. The van der Waals surface area contributed by atoms with E-state index in [1.165, 1.54) is 12.8 Å². The Morgan fingerprint density at radius 1 is 1.64 bits per heavy atom. The van der Waals surface area contributed by atoms with Crippen molar-refractivity contribution in [3.05, 3.63) is 11.7 Å². The Labute approximate surface area is 87.6 Å². The maximum atomic E-state index is 5.58. The molecule has 0 saturated heterocycles. The zero-order valence-corrected chi connectivity index (χ0v) is 8.83. The third kappa shape index (κ3) is 2.07. The minimum absolute atomic E-state index is 0.000664. The fourth-order valence-electron chi connectivity index (χ4n) is 1.44. The van der Waals surface area contributed by atoms with Crippen molar-refractivity contribution in [2.24, 2.45) is 5.92 Å². The lowest BCUT2D eigenvalue weighted by atomic mass is 10.2. The molecule has 1 aromatic heterocycles. The van der Waals surface area contributed by atoms with Gasteiger partial charge >= 0.3 is 0 Å². The number of alkyl halides is 1. The van der Waals surface area contributed by atoms with Crippen LogP contribution in [-0.2, 0) is 10.6 Å². The number of hydrogen-bond acceptors (Lipinski definition) is 4. The van der Waals surface area contributed by atoms with E-state index in [4.69, 9.17) is 20.9 Å². The molecule has 1 atom stereocenters. The van der Waals surface area contributed by atoms with Gasteiger partial charge in [-0.15, -0.1) is 11.6 Å². The summed E-state index contributed by atoms with van der Waals surface area (Å²) >= 11 is 5.58. The summed E-state index contributed by atoms with van der Waals surface area (Å²) in [5.74, 6) is 1.93. The first kappa shape index (κ1) is 9.93. The van der Waals surface area contributed by atoms with Crippen LogP contribution in [-0.4, -0.2) is 16.7 Å². The van der Waals surface area contributed by atoms with Crippen molar-refractivity contribution in [1.29, 1.82) is 0 Å². The second-order valence-corrected chi connectivity index (χ2v) is 3.66. The van der Waals surface area contributed by atoms with Gasteiger partial charge in [0.25, 0.3) is 0 Å². The van der Waals surface area contributed by atoms with E-state index in [0.29, 0.717) is 24.2 Å². The molecule has 5 heteroatoms. The first-order chi connectivity index (χ1) is 6.85. The fraction of sp³-hybridized carbons (Fsp3) is 0.778. The summed E-state index contributed by atoms with van der Waals surface area (Å²) in [7, 11) is 0. The highest BCUT2D eigenvalue weighted by atomic mass is 35.5. The molecule has 1 heterocycles. The Bertz CT molecular complexity index is 299. The lowest BCUT2D eigenvalue weighted by Crippen LogP contribution is -2.08. The highest BCUT2D eigenvalue weighted by Gasteiger charge is 2.35. The van der Waals surface area contributed by atoms with Crippen molar-refractivity contribution in [1.82, 2.24) is 10.1 Å².